The maximum atomic E-state index is 11.0. The van der Waals surface area contributed by atoms with Crippen molar-refractivity contribution < 1.29 is 61.5 Å². The van der Waals surface area contributed by atoms with Crippen LogP contribution in [-0.2, 0) is 50.1 Å². The molecule has 1 fully saturated rings. The van der Waals surface area contributed by atoms with Crippen LogP contribution < -0.4 is 0 Å². The van der Waals surface area contributed by atoms with Crippen molar-refractivity contribution in [2.24, 2.45) is 11.8 Å². The minimum atomic E-state index is -4.65. The van der Waals surface area contributed by atoms with Crippen molar-refractivity contribution in [3.8, 4) is 0 Å². The molecule has 0 amide bonds. The van der Waals surface area contributed by atoms with Gasteiger partial charge in [0.15, 0.2) is 0 Å². The average Bonchev–Trinajstić information content (AvgIpc) is 2.61. The third-order valence-corrected chi connectivity index (χ3v) is 8.19. The third kappa shape index (κ3) is 21.9. The Labute approximate surface area is 256 Å². The predicted octanol–water partition coefficient (Wildman–Crippen LogP) is -0.573. The Morgan fingerprint density at radius 2 is 1.00 bits per heavy atom. The molecule has 1 saturated carbocycles. The van der Waals surface area contributed by atoms with E-state index in [1.165, 1.54) is 0 Å². The van der Waals surface area contributed by atoms with Crippen LogP contribution in [0.15, 0.2) is 0 Å². The maximum absolute atomic E-state index is 11.0. The van der Waals surface area contributed by atoms with Crippen LogP contribution in [0.3, 0.4) is 0 Å². The van der Waals surface area contributed by atoms with E-state index in [1.807, 2.05) is 0 Å². The molecule has 2 atom stereocenters. The molecule has 0 bridgehead atoms. The van der Waals surface area contributed by atoms with E-state index in [0.717, 1.165) is 0 Å². The SMILES string of the molecule is O=C(CC1CCC1CCS(=O)(=O)O)S(=O)(=O)O.O=C(CCCCCCCS(=O)(=O)O)S(=O)(=O)O.[NaH].[NaH]. The molecular formula is C16H32Na2O14S4. The minimum absolute atomic E-state index is 0. The Bertz CT molecular complexity index is 1120. The standard InChI is InChI=1S/C8H14O7S2.C8H16O7S2.2Na.2H/c9-8(17(13,14)15)5-7-2-1-6(7)3-4-16(10,11)12;9-8(17(13,14)15)6-4-2-1-3-5-7-16(10,11)12;;;;/h6-7H,1-5H2,(H,10,11,12)(H,13,14,15);1-7H2,(H,10,11,12)(H,13,14,15);;;;. The summed E-state index contributed by atoms with van der Waals surface area (Å²) in [5, 5.41) is -2.44. The summed E-state index contributed by atoms with van der Waals surface area (Å²) >= 11 is 0. The van der Waals surface area contributed by atoms with E-state index in [1.54, 1.807) is 0 Å². The Balaban J connectivity index is -0.000000573. The fourth-order valence-corrected chi connectivity index (χ4v) is 5.12. The van der Waals surface area contributed by atoms with Crippen LogP contribution in [0.4, 0.5) is 0 Å². The quantitative estimate of drug-likeness (QED) is 0.114. The molecule has 36 heavy (non-hydrogen) atoms. The zero-order chi connectivity index (χ0) is 26.8. The van der Waals surface area contributed by atoms with Crippen LogP contribution in [0.1, 0.15) is 64.2 Å². The van der Waals surface area contributed by atoms with Crippen LogP contribution in [-0.4, -0.2) is 133 Å². The van der Waals surface area contributed by atoms with Crippen molar-refractivity contribution >= 4 is 110 Å². The molecule has 2 unspecified atom stereocenters. The number of hydrogen-bond donors (Lipinski definition) is 4. The van der Waals surface area contributed by atoms with Crippen molar-refractivity contribution in [1.29, 1.82) is 0 Å². The van der Waals surface area contributed by atoms with Gasteiger partial charge in [0.25, 0.3) is 30.5 Å². The van der Waals surface area contributed by atoms with Crippen LogP contribution in [0, 0.1) is 11.8 Å². The zero-order valence-electron chi connectivity index (χ0n) is 18.1. The molecular weight excluding hydrogens is 590 g/mol. The van der Waals surface area contributed by atoms with E-state index in [0.29, 0.717) is 44.9 Å². The molecule has 14 nitrogen and oxygen atoms in total. The molecule has 0 heterocycles. The summed E-state index contributed by atoms with van der Waals surface area (Å²) in [6.07, 6.45) is 3.39. The Morgan fingerprint density at radius 3 is 1.39 bits per heavy atom. The van der Waals surface area contributed by atoms with Gasteiger partial charge in [-0.1, -0.05) is 19.3 Å². The van der Waals surface area contributed by atoms with Gasteiger partial charge in [-0.2, -0.15) is 33.7 Å². The van der Waals surface area contributed by atoms with Crippen LogP contribution in [0.25, 0.3) is 0 Å². The van der Waals surface area contributed by atoms with Gasteiger partial charge in [-0.25, -0.2) is 0 Å². The van der Waals surface area contributed by atoms with Gasteiger partial charge in [0, 0.05) is 12.8 Å². The van der Waals surface area contributed by atoms with E-state index < -0.39 is 56.5 Å². The van der Waals surface area contributed by atoms with E-state index in [9.17, 15) is 43.3 Å². The van der Waals surface area contributed by atoms with Gasteiger partial charge in [0.1, 0.15) is 0 Å². The summed E-state index contributed by atoms with van der Waals surface area (Å²) in [4.78, 5) is 21.7. The Kier molecular flexibility index (Phi) is 21.1. The summed E-state index contributed by atoms with van der Waals surface area (Å²) in [6.45, 7) is 0. The summed E-state index contributed by atoms with van der Waals surface area (Å²) in [5.41, 5.74) is 0. The first-order valence-corrected chi connectivity index (χ1v) is 16.2. The van der Waals surface area contributed by atoms with Crippen molar-refractivity contribution in [3.63, 3.8) is 0 Å². The first-order valence-electron chi connectivity index (χ1n) is 10.1. The van der Waals surface area contributed by atoms with Crippen molar-refractivity contribution in [3.05, 3.63) is 0 Å². The molecule has 1 rings (SSSR count). The topological polar surface area (TPSA) is 252 Å². The number of unbranched alkanes of at least 4 members (excludes halogenated alkanes) is 4. The number of rotatable bonds is 13. The molecule has 1 aliphatic carbocycles. The summed E-state index contributed by atoms with van der Waals surface area (Å²) in [7, 11) is -17.2. The molecule has 0 aromatic heterocycles. The Hall–Kier alpha value is 0.980. The summed E-state index contributed by atoms with van der Waals surface area (Å²) < 4.78 is 117. The zero-order valence-corrected chi connectivity index (χ0v) is 21.4. The normalized spacial score (nSPS) is 17.9. The molecule has 0 spiro atoms. The first-order chi connectivity index (χ1) is 15.2. The first kappa shape index (κ1) is 41.5. The van der Waals surface area contributed by atoms with Gasteiger partial charge in [0.05, 0.1) is 11.5 Å². The van der Waals surface area contributed by atoms with Gasteiger partial charge in [-0.15, -0.1) is 0 Å². The average molecular weight is 623 g/mol. The van der Waals surface area contributed by atoms with E-state index in [2.05, 4.69) is 0 Å². The third-order valence-electron chi connectivity index (χ3n) is 5.11. The molecule has 4 N–H and O–H groups in total. The second-order valence-electron chi connectivity index (χ2n) is 7.87. The summed E-state index contributed by atoms with van der Waals surface area (Å²) in [5.74, 6) is -1.01. The molecule has 206 valence electrons. The van der Waals surface area contributed by atoms with E-state index in [-0.39, 0.29) is 96.0 Å². The molecule has 0 aromatic carbocycles. The molecule has 0 radical (unpaired) electrons. The monoisotopic (exact) mass is 622 g/mol. The number of carbonyl (C=O) groups excluding carboxylic acids is 2. The van der Waals surface area contributed by atoms with Crippen LogP contribution >= 0.6 is 0 Å². The van der Waals surface area contributed by atoms with Gasteiger partial charge in [-0.3, -0.25) is 27.8 Å². The van der Waals surface area contributed by atoms with E-state index >= 15 is 0 Å². The molecule has 1 aliphatic rings. The second-order valence-corrected chi connectivity index (χ2v) is 13.8. The summed E-state index contributed by atoms with van der Waals surface area (Å²) in [6, 6.07) is 0. The van der Waals surface area contributed by atoms with Gasteiger partial charge < -0.3 is 0 Å². The fourth-order valence-electron chi connectivity index (χ4n) is 3.12. The number of carbonyl (C=O) groups is 2. The molecule has 0 aromatic rings. The van der Waals surface area contributed by atoms with Gasteiger partial charge >= 0.3 is 79.4 Å². The van der Waals surface area contributed by atoms with Gasteiger partial charge in [0.2, 0.25) is 0 Å². The number of hydrogen-bond acceptors (Lipinski definition) is 10. The van der Waals surface area contributed by atoms with E-state index in [4.69, 9.17) is 18.2 Å². The van der Waals surface area contributed by atoms with Crippen molar-refractivity contribution in [1.82, 2.24) is 0 Å². The Morgan fingerprint density at radius 1 is 0.583 bits per heavy atom. The van der Waals surface area contributed by atoms with Gasteiger partial charge in [-0.05, 0) is 43.9 Å². The molecule has 0 saturated heterocycles. The van der Waals surface area contributed by atoms with Crippen LogP contribution in [0.5, 0.6) is 0 Å². The predicted molar refractivity (Wildman–Crippen MR) is 133 cm³/mol. The van der Waals surface area contributed by atoms with Crippen LogP contribution in [0.2, 0.25) is 0 Å². The molecule has 0 aliphatic heterocycles. The van der Waals surface area contributed by atoms with Crippen molar-refractivity contribution in [2.45, 2.75) is 64.2 Å². The van der Waals surface area contributed by atoms with Crippen molar-refractivity contribution in [2.75, 3.05) is 11.5 Å². The molecule has 20 heteroatoms. The fraction of sp³-hybridized carbons (Fsp3) is 0.875. The second kappa shape index (κ2) is 18.4.